The number of benzene rings is 1. The second-order valence-corrected chi connectivity index (χ2v) is 3.59. The molecule has 2 aromatic rings. The van der Waals surface area contributed by atoms with E-state index in [-0.39, 0.29) is 18.2 Å². The van der Waals surface area contributed by atoms with Crippen molar-refractivity contribution < 1.29 is 4.79 Å². The molecule has 2 N–H and O–H groups in total. The first-order valence-electron chi connectivity index (χ1n) is 5.00. The number of carbonyl (C=O) groups excluding carboxylic acids is 1. The summed E-state index contributed by atoms with van der Waals surface area (Å²) in [6.07, 6.45) is 1.68. The van der Waals surface area contributed by atoms with Crippen LogP contribution in [0.25, 0.3) is 0 Å². The maximum absolute atomic E-state index is 12.1. The van der Waals surface area contributed by atoms with E-state index in [0.29, 0.717) is 16.8 Å². The van der Waals surface area contributed by atoms with Gasteiger partial charge in [0.15, 0.2) is 5.78 Å². The molecule has 0 aliphatic rings. The Kier molecular flexibility index (Phi) is 4.24. The lowest BCUT2D eigenvalue weighted by atomic mass is 10.0. The van der Waals surface area contributed by atoms with Crippen LogP contribution in [0.2, 0.25) is 0 Å². The molecule has 1 aromatic heterocycles. The Balaban J connectivity index is 0.00000144. The fourth-order valence-corrected chi connectivity index (χ4v) is 1.51. The van der Waals surface area contributed by atoms with Crippen molar-refractivity contribution in [3.63, 3.8) is 0 Å². The predicted octanol–water partition coefficient (Wildman–Crippen LogP) is 2.63. The number of ketones is 1. The van der Waals surface area contributed by atoms with E-state index in [1.807, 2.05) is 6.92 Å². The molecule has 0 aliphatic heterocycles. The Morgan fingerprint density at radius 1 is 1.18 bits per heavy atom. The lowest BCUT2D eigenvalue weighted by Gasteiger charge is -2.03. The third-order valence-corrected chi connectivity index (χ3v) is 2.42. The summed E-state index contributed by atoms with van der Waals surface area (Å²) in [7, 11) is 0. The van der Waals surface area contributed by atoms with Crippen molar-refractivity contribution in [2.45, 2.75) is 6.92 Å². The monoisotopic (exact) mass is 248 g/mol. The number of pyridine rings is 1. The van der Waals surface area contributed by atoms with Crippen molar-refractivity contribution in [1.82, 2.24) is 4.98 Å². The number of aryl methyl sites for hydroxylation is 1. The first-order chi connectivity index (χ1) is 7.68. The standard InChI is InChI=1S/C13H12N2O.ClH/c1-9-12(3-2-8-15-9)13(16)10-4-6-11(14)7-5-10;/h2-8H,14H2,1H3;1H. The molecule has 0 bridgehead atoms. The number of rotatable bonds is 2. The highest BCUT2D eigenvalue weighted by molar-refractivity contribution is 6.09. The number of nitrogens with zero attached hydrogens (tertiary/aromatic N) is 1. The van der Waals surface area contributed by atoms with Crippen LogP contribution in [0.5, 0.6) is 0 Å². The molecule has 0 saturated carbocycles. The molecule has 0 fully saturated rings. The van der Waals surface area contributed by atoms with Gasteiger partial charge in [-0.2, -0.15) is 0 Å². The summed E-state index contributed by atoms with van der Waals surface area (Å²) in [5.74, 6) is -0.0226. The SMILES string of the molecule is Cc1ncccc1C(=O)c1ccc(N)cc1.Cl. The van der Waals surface area contributed by atoms with Gasteiger partial charge in [-0.1, -0.05) is 0 Å². The summed E-state index contributed by atoms with van der Waals surface area (Å²) in [6.45, 7) is 1.82. The van der Waals surface area contributed by atoms with Crippen molar-refractivity contribution >= 4 is 23.9 Å². The van der Waals surface area contributed by atoms with Gasteiger partial charge in [0.25, 0.3) is 0 Å². The second kappa shape index (κ2) is 5.46. The highest BCUT2D eigenvalue weighted by Gasteiger charge is 2.11. The molecule has 0 saturated heterocycles. The second-order valence-electron chi connectivity index (χ2n) is 3.59. The van der Waals surface area contributed by atoms with Crippen LogP contribution in [0.15, 0.2) is 42.6 Å². The third kappa shape index (κ3) is 2.82. The summed E-state index contributed by atoms with van der Waals surface area (Å²) in [5, 5.41) is 0. The molecular formula is C13H13ClN2O. The quantitative estimate of drug-likeness (QED) is 0.657. The van der Waals surface area contributed by atoms with E-state index in [4.69, 9.17) is 5.73 Å². The van der Waals surface area contributed by atoms with Crippen molar-refractivity contribution in [2.75, 3.05) is 5.73 Å². The summed E-state index contributed by atoms with van der Waals surface area (Å²) < 4.78 is 0. The minimum absolute atomic E-state index is 0. The van der Waals surface area contributed by atoms with Crippen LogP contribution in [0, 0.1) is 6.92 Å². The summed E-state index contributed by atoms with van der Waals surface area (Å²) in [5.41, 5.74) is 8.23. The van der Waals surface area contributed by atoms with E-state index in [2.05, 4.69) is 4.98 Å². The van der Waals surface area contributed by atoms with Gasteiger partial charge in [-0.05, 0) is 43.3 Å². The van der Waals surface area contributed by atoms with E-state index in [9.17, 15) is 4.79 Å². The van der Waals surface area contributed by atoms with Gasteiger partial charge < -0.3 is 5.73 Å². The molecule has 0 atom stereocenters. The van der Waals surface area contributed by atoms with Gasteiger partial charge in [0.2, 0.25) is 0 Å². The smallest absolute Gasteiger partial charge is 0.194 e. The topological polar surface area (TPSA) is 56.0 Å². The van der Waals surface area contributed by atoms with E-state index in [0.717, 1.165) is 5.69 Å². The van der Waals surface area contributed by atoms with Crippen LogP contribution in [0.4, 0.5) is 5.69 Å². The average Bonchev–Trinajstić information content (AvgIpc) is 2.30. The summed E-state index contributed by atoms with van der Waals surface area (Å²) in [6, 6.07) is 10.4. The molecule has 0 radical (unpaired) electrons. The van der Waals surface area contributed by atoms with Crippen LogP contribution in [0.3, 0.4) is 0 Å². The Labute approximate surface area is 106 Å². The highest BCUT2D eigenvalue weighted by Crippen LogP contribution is 2.13. The number of carbonyl (C=O) groups is 1. The average molecular weight is 249 g/mol. The fraction of sp³-hybridized carbons (Fsp3) is 0.0769. The molecule has 17 heavy (non-hydrogen) atoms. The third-order valence-electron chi connectivity index (χ3n) is 2.42. The summed E-state index contributed by atoms with van der Waals surface area (Å²) >= 11 is 0. The maximum Gasteiger partial charge on any atom is 0.194 e. The Morgan fingerprint density at radius 3 is 2.41 bits per heavy atom. The van der Waals surface area contributed by atoms with Crippen molar-refractivity contribution in [2.24, 2.45) is 0 Å². The molecule has 3 nitrogen and oxygen atoms in total. The highest BCUT2D eigenvalue weighted by atomic mass is 35.5. The van der Waals surface area contributed by atoms with Crippen molar-refractivity contribution in [3.05, 3.63) is 59.4 Å². The molecule has 4 heteroatoms. The Morgan fingerprint density at radius 2 is 1.82 bits per heavy atom. The minimum atomic E-state index is -0.0226. The number of hydrogen-bond acceptors (Lipinski definition) is 3. The number of hydrogen-bond donors (Lipinski definition) is 1. The molecule has 0 spiro atoms. The fourth-order valence-electron chi connectivity index (χ4n) is 1.51. The van der Waals surface area contributed by atoms with Gasteiger partial charge in [0, 0.05) is 28.7 Å². The van der Waals surface area contributed by atoms with Crippen molar-refractivity contribution in [3.8, 4) is 0 Å². The lowest BCUT2D eigenvalue weighted by Crippen LogP contribution is -2.04. The van der Waals surface area contributed by atoms with E-state index < -0.39 is 0 Å². The van der Waals surface area contributed by atoms with Crippen LogP contribution in [-0.4, -0.2) is 10.8 Å². The van der Waals surface area contributed by atoms with Gasteiger partial charge >= 0.3 is 0 Å². The van der Waals surface area contributed by atoms with Crippen LogP contribution >= 0.6 is 12.4 Å². The number of halogens is 1. The molecule has 88 valence electrons. The summed E-state index contributed by atoms with van der Waals surface area (Å²) in [4.78, 5) is 16.2. The van der Waals surface area contributed by atoms with Gasteiger partial charge in [-0.3, -0.25) is 9.78 Å². The van der Waals surface area contributed by atoms with Crippen LogP contribution in [0.1, 0.15) is 21.6 Å². The van der Waals surface area contributed by atoms with Crippen molar-refractivity contribution in [1.29, 1.82) is 0 Å². The zero-order valence-corrected chi connectivity index (χ0v) is 10.2. The molecule has 1 aromatic carbocycles. The molecule has 0 unspecified atom stereocenters. The van der Waals surface area contributed by atoms with Crippen LogP contribution < -0.4 is 5.73 Å². The Hall–Kier alpha value is -1.87. The van der Waals surface area contributed by atoms with E-state index >= 15 is 0 Å². The van der Waals surface area contributed by atoms with E-state index in [1.54, 1.807) is 42.6 Å². The van der Waals surface area contributed by atoms with E-state index in [1.165, 1.54) is 0 Å². The first kappa shape index (κ1) is 13.2. The molecule has 0 aliphatic carbocycles. The number of anilines is 1. The number of nitrogens with two attached hydrogens (primary N) is 1. The van der Waals surface area contributed by atoms with Gasteiger partial charge in [-0.15, -0.1) is 12.4 Å². The predicted molar refractivity (Wildman–Crippen MR) is 70.5 cm³/mol. The molecule has 2 rings (SSSR count). The maximum atomic E-state index is 12.1. The molecule has 1 heterocycles. The van der Waals surface area contributed by atoms with Gasteiger partial charge in [-0.25, -0.2) is 0 Å². The largest absolute Gasteiger partial charge is 0.399 e. The number of nitrogen functional groups attached to an aromatic ring is 1. The first-order valence-corrected chi connectivity index (χ1v) is 5.00. The number of aromatic nitrogens is 1. The molecular weight excluding hydrogens is 236 g/mol. The Bertz CT molecular complexity index is 523. The van der Waals surface area contributed by atoms with Gasteiger partial charge in [0.1, 0.15) is 0 Å². The normalized spacial score (nSPS) is 9.47. The zero-order valence-electron chi connectivity index (χ0n) is 9.38. The van der Waals surface area contributed by atoms with Gasteiger partial charge in [0.05, 0.1) is 0 Å². The van der Waals surface area contributed by atoms with Crippen LogP contribution in [-0.2, 0) is 0 Å². The minimum Gasteiger partial charge on any atom is -0.399 e. The molecule has 0 amide bonds. The lowest BCUT2D eigenvalue weighted by molar-refractivity contribution is 0.103. The zero-order chi connectivity index (χ0) is 11.5.